The summed E-state index contributed by atoms with van der Waals surface area (Å²) in [5.41, 5.74) is 6.01. The van der Waals surface area contributed by atoms with Crippen molar-refractivity contribution in [1.82, 2.24) is 25.6 Å². The van der Waals surface area contributed by atoms with Crippen LogP contribution < -0.4 is 16.4 Å². The van der Waals surface area contributed by atoms with Gasteiger partial charge in [-0.3, -0.25) is 14.4 Å². The summed E-state index contributed by atoms with van der Waals surface area (Å²) in [7, 11) is 0. The summed E-state index contributed by atoms with van der Waals surface area (Å²) in [6.45, 7) is 20.2. The third-order valence-electron chi connectivity index (χ3n) is 14.2. The number of nitrogens with two attached hydrogens (primary N) is 1. The van der Waals surface area contributed by atoms with Crippen molar-refractivity contribution in [2.45, 2.75) is 225 Å². The molecule has 22 atom stereocenters. The quantitative estimate of drug-likeness (QED) is 0.0799. The average molecular weight is 971 g/mol. The molecule has 10 unspecified atom stereocenters. The maximum atomic E-state index is 13.6. The number of carbonyl (C=O) groups is 3. The molecule has 3 amide bonds. The minimum absolute atomic E-state index is 0.0410. The molecule has 21 heteroatoms. The van der Waals surface area contributed by atoms with Crippen molar-refractivity contribution in [3.05, 3.63) is 11.9 Å². The molecule has 1 aliphatic carbocycles. The SMILES string of the molecule is CCC1O[C@@H](O[C@H]2C(C)C[C@@H](C)C(O)[C@H]2O[C@@H]2O[C@H](Cn3cc(CC(C)C(=O)NC(CC(C)C)C(=O)NC(CC(C)C)C(N)=O)nn3)[C@H](O[C@H]3O[C@@H](CC)[C@@H](O)C(O)C3C)C2O)C(C)[C@@H](O)[C@H]1O. The largest absolute Gasteiger partial charge is 0.390 e. The standard InChI is InChI=1S/C47H82N6O15/c1-12-30-36(57)34(55)25(10)45(63-30)66-39-23(8)16-22(7)33(54)41(39)68-47-38(59)40(67-46-26(11)35(56)37(58)31(13-2)64-46)32(65-47)19-53-18-27(51-52-53)17-24(9)43(61)50-29(15-21(5)6)44(62)49-28(42(48)60)14-20(3)4/h18,20-26,28-41,45-47,54-59H,12-17,19H2,1-11H3,(H2,48,60)(H,49,62)(H,50,61)/t22-,23?,24?,25?,26?,28?,29?,30?,31+,32-,33?,34-,35?,36+,37-,38?,39+,40+,41-,45+,46-,47+/m1/s1. The van der Waals surface area contributed by atoms with Gasteiger partial charge in [0.05, 0.1) is 48.9 Å². The van der Waals surface area contributed by atoms with E-state index < -0.39 is 140 Å². The van der Waals surface area contributed by atoms with Gasteiger partial charge in [-0.2, -0.15) is 0 Å². The Balaban J connectivity index is 1.34. The Morgan fingerprint density at radius 2 is 1.18 bits per heavy atom. The van der Waals surface area contributed by atoms with Crippen molar-refractivity contribution in [3.8, 4) is 0 Å². The van der Waals surface area contributed by atoms with Crippen LogP contribution in [0.3, 0.4) is 0 Å². The molecule has 0 aromatic carbocycles. The second-order valence-corrected chi connectivity index (χ2v) is 20.9. The predicted octanol–water partition coefficient (Wildman–Crippen LogP) is 0.268. The van der Waals surface area contributed by atoms with Crippen LogP contribution in [0.2, 0.25) is 0 Å². The van der Waals surface area contributed by atoms with E-state index in [-0.39, 0.29) is 36.6 Å². The third-order valence-corrected chi connectivity index (χ3v) is 14.2. The van der Waals surface area contributed by atoms with Gasteiger partial charge in [0.2, 0.25) is 17.7 Å². The Hall–Kier alpha value is -2.93. The smallest absolute Gasteiger partial charge is 0.243 e. The molecule has 0 bridgehead atoms. The van der Waals surface area contributed by atoms with Crippen LogP contribution in [-0.2, 0) is 55.8 Å². The molecular weight excluding hydrogens is 889 g/mol. The highest BCUT2D eigenvalue weighted by Gasteiger charge is 2.54. The molecule has 1 aromatic rings. The summed E-state index contributed by atoms with van der Waals surface area (Å²) in [5, 5.41) is 81.1. The summed E-state index contributed by atoms with van der Waals surface area (Å²) in [5.74, 6) is -3.86. The fourth-order valence-electron chi connectivity index (χ4n) is 9.91. The number of nitrogens with one attached hydrogen (secondary N) is 2. The Bertz CT molecular complexity index is 1770. The van der Waals surface area contributed by atoms with Crippen LogP contribution in [0.15, 0.2) is 6.20 Å². The molecule has 4 heterocycles. The fourth-order valence-corrected chi connectivity index (χ4v) is 9.91. The zero-order valence-electron chi connectivity index (χ0n) is 41.7. The molecule has 5 rings (SSSR count). The van der Waals surface area contributed by atoms with Crippen molar-refractivity contribution in [2.24, 2.45) is 47.2 Å². The molecule has 3 saturated heterocycles. The molecule has 0 radical (unpaired) electrons. The van der Waals surface area contributed by atoms with Crippen LogP contribution in [0.4, 0.5) is 0 Å². The topological polar surface area (TPSA) is 309 Å². The zero-order valence-corrected chi connectivity index (χ0v) is 41.7. The van der Waals surface area contributed by atoms with Crippen LogP contribution in [0.5, 0.6) is 0 Å². The van der Waals surface area contributed by atoms with Gasteiger partial charge in [0.15, 0.2) is 18.9 Å². The molecule has 3 aliphatic heterocycles. The molecule has 68 heavy (non-hydrogen) atoms. The van der Waals surface area contributed by atoms with Crippen molar-refractivity contribution in [2.75, 3.05) is 0 Å². The molecule has 390 valence electrons. The van der Waals surface area contributed by atoms with E-state index in [4.69, 9.17) is 34.2 Å². The summed E-state index contributed by atoms with van der Waals surface area (Å²) >= 11 is 0. The minimum atomic E-state index is -1.49. The molecule has 1 saturated carbocycles. The predicted molar refractivity (Wildman–Crippen MR) is 243 cm³/mol. The molecule has 4 aliphatic rings. The van der Waals surface area contributed by atoms with E-state index in [0.29, 0.717) is 37.8 Å². The number of hydrogen-bond donors (Lipinski definition) is 9. The van der Waals surface area contributed by atoms with Crippen LogP contribution in [0, 0.1) is 41.4 Å². The first-order chi connectivity index (χ1) is 31.9. The number of amides is 3. The maximum Gasteiger partial charge on any atom is 0.243 e. The van der Waals surface area contributed by atoms with Crippen LogP contribution in [0.25, 0.3) is 0 Å². The van der Waals surface area contributed by atoms with Gasteiger partial charge < -0.3 is 75.4 Å². The number of carbonyl (C=O) groups excluding carboxylic acids is 3. The molecule has 4 fully saturated rings. The second kappa shape index (κ2) is 24.5. The molecule has 0 spiro atoms. The summed E-state index contributed by atoms with van der Waals surface area (Å²) in [4.78, 5) is 39.0. The maximum absolute atomic E-state index is 13.6. The summed E-state index contributed by atoms with van der Waals surface area (Å²) in [6.07, 6.45) is -12.2. The van der Waals surface area contributed by atoms with Crippen molar-refractivity contribution in [3.63, 3.8) is 0 Å². The Kier molecular flexibility index (Phi) is 20.1. The number of rotatable bonds is 21. The number of hydrogen-bond acceptors (Lipinski definition) is 17. The van der Waals surface area contributed by atoms with Crippen LogP contribution in [-0.4, -0.2) is 168 Å². The minimum Gasteiger partial charge on any atom is -0.390 e. The molecule has 1 aromatic heterocycles. The van der Waals surface area contributed by atoms with Gasteiger partial charge in [0, 0.05) is 30.4 Å². The number of nitrogens with zero attached hydrogens (tertiary/aromatic N) is 3. The monoisotopic (exact) mass is 971 g/mol. The summed E-state index contributed by atoms with van der Waals surface area (Å²) < 4.78 is 39.7. The Morgan fingerprint density at radius 3 is 1.71 bits per heavy atom. The van der Waals surface area contributed by atoms with Gasteiger partial charge >= 0.3 is 0 Å². The number of primary amides is 1. The van der Waals surface area contributed by atoms with Crippen molar-refractivity contribution >= 4 is 17.7 Å². The van der Waals surface area contributed by atoms with E-state index in [1.54, 1.807) is 33.9 Å². The van der Waals surface area contributed by atoms with E-state index in [9.17, 15) is 45.0 Å². The summed E-state index contributed by atoms with van der Waals surface area (Å²) in [6, 6.07) is -1.80. The Labute approximate surface area is 400 Å². The van der Waals surface area contributed by atoms with Crippen LogP contribution >= 0.6 is 0 Å². The normalized spacial score (nSPS) is 39.1. The lowest BCUT2D eigenvalue weighted by Gasteiger charge is -2.47. The first-order valence-electron chi connectivity index (χ1n) is 24.8. The van der Waals surface area contributed by atoms with Crippen molar-refractivity contribution < 1.29 is 73.4 Å². The lowest BCUT2D eigenvalue weighted by Crippen LogP contribution is -2.59. The fraction of sp³-hybridized carbons (Fsp3) is 0.894. The van der Waals surface area contributed by atoms with E-state index in [1.807, 2.05) is 48.5 Å². The lowest BCUT2D eigenvalue weighted by molar-refractivity contribution is -0.325. The van der Waals surface area contributed by atoms with Gasteiger partial charge in [-0.15, -0.1) is 5.10 Å². The second-order valence-electron chi connectivity index (χ2n) is 20.9. The van der Waals surface area contributed by atoms with Crippen LogP contribution in [0.1, 0.15) is 114 Å². The molecular formula is C47H82N6O15. The van der Waals surface area contributed by atoms with Gasteiger partial charge in [0.1, 0.15) is 48.7 Å². The number of aromatic nitrogens is 3. The van der Waals surface area contributed by atoms with E-state index in [0.717, 1.165) is 0 Å². The van der Waals surface area contributed by atoms with E-state index >= 15 is 0 Å². The number of aliphatic hydroxyl groups is 6. The first-order valence-corrected chi connectivity index (χ1v) is 24.8. The van der Waals surface area contributed by atoms with Gasteiger partial charge in [-0.1, -0.05) is 81.4 Å². The van der Waals surface area contributed by atoms with Gasteiger partial charge in [-0.25, -0.2) is 4.68 Å². The lowest BCUT2D eigenvalue weighted by atomic mass is 9.77. The Morgan fingerprint density at radius 1 is 0.676 bits per heavy atom. The highest BCUT2D eigenvalue weighted by atomic mass is 16.8. The molecule has 10 N–H and O–H groups in total. The van der Waals surface area contributed by atoms with Gasteiger partial charge in [-0.05, 0) is 55.8 Å². The number of ether oxygens (including phenoxy) is 6. The van der Waals surface area contributed by atoms with E-state index in [1.165, 1.54) is 4.68 Å². The zero-order chi connectivity index (χ0) is 50.5. The van der Waals surface area contributed by atoms with Crippen molar-refractivity contribution in [1.29, 1.82) is 0 Å². The highest BCUT2D eigenvalue weighted by Crippen LogP contribution is 2.40. The van der Waals surface area contributed by atoms with Gasteiger partial charge in [0.25, 0.3) is 0 Å². The van der Waals surface area contributed by atoms with E-state index in [2.05, 4.69) is 20.9 Å². The third kappa shape index (κ3) is 13.5. The highest BCUT2D eigenvalue weighted by molar-refractivity contribution is 5.92. The number of aliphatic hydroxyl groups excluding tert-OH is 6. The average Bonchev–Trinajstić information content (AvgIpc) is 3.84. The molecule has 21 nitrogen and oxygen atoms in total. The first kappa shape index (κ1) is 56.0.